The normalized spacial score (nSPS) is 11.7. The highest BCUT2D eigenvalue weighted by Crippen LogP contribution is 2.45. The molecule has 0 N–H and O–H groups in total. The van der Waals surface area contributed by atoms with Crippen molar-refractivity contribution in [3.63, 3.8) is 0 Å². The van der Waals surface area contributed by atoms with E-state index in [1.807, 2.05) is 0 Å². The second kappa shape index (κ2) is 25.8. The van der Waals surface area contributed by atoms with Crippen LogP contribution in [-0.4, -0.2) is 18.3 Å². The Balaban J connectivity index is 0.000000138. The Morgan fingerprint density at radius 1 is 0.130 bits per heavy atom. The zero-order valence-electron chi connectivity index (χ0n) is 59.0. The van der Waals surface area contributed by atoms with Crippen molar-refractivity contribution in [1.82, 2.24) is 18.3 Å². The summed E-state index contributed by atoms with van der Waals surface area (Å²) in [6.45, 7) is 0. The Morgan fingerprint density at radius 3 is 0.889 bits per heavy atom. The lowest BCUT2D eigenvalue weighted by molar-refractivity contribution is 1.18. The standard InChI is InChI=1S/2C52H34N2/c1-2-13-35(14-3-1)36-25-29-40(30-26-36)53-48-22-9-7-19-44(48)46-33-38(27-31-51(46)53)39-28-32-52-47(34-39)45-20-8-11-24-50(45)54(52)49-23-10-6-18-43(49)42-21-12-16-37-15-4-5-17-41(37)42;1-2-12-35(13-3-1)37-24-28-42(29-25-37)53-49-20-10-7-17-44(49)46-33-39(26-30-51(46)53)40-27-31-52-47(34-40)45-18-8-11-21-50(45)54(52)48-19-9-6-16-43(48)41-23-22-36-14-4-5-15-38(36)32-41/h2*1-34H. The lowest BCUT2D eigenvalue weighted by atomic mass is 9.97. The third-order valence-electron chi connectivity index (χ3n) is 22.3. The predicted octanol–water partition coefficient (Wildman–Crippen LogP) is 28.1. The zero-order valence-corrected chi connectivity index (χ0v) is 59.0. The van der Waals surface area contributed by atoms with Gasteiger partial charge in [0.2, 0.25) is 0 Å². The molecule has 4 nitrogen and oxygen atoms in total. The molecule has 18 aromatic carbocycles. The van der Waals surface area contributed by atoms with Crippen LogP contribution in [0.3, 0.4) is 0 Å². The molecule has 504 valence electrons. The van der Waals surface area contributed by atoms with Gasteiger partial charge in [-0.05, 0) is 192 Å². The summed E-state index contributed by atoms with van der Waals surface area (Å²) in [6.07, 6.45) is 0. The molecule has 0 aliphatic heterocycles. The van der Waals surface area contributed by atoms with Crippen LogP contribution in [0.2, 0.25) is 0 Å². The fraction of sp³-hybridized carbons (Fsp3) is 0. The van der Waals surface area contributed by atoms with Crippen molar-refractivity contribution >= 4 is 109 Å². The summed E-state index contributed by atoms with van der Waals surface area (Å²) in [6, 6.07) is 150. The second-order valence-electron chi connectivity index (χ2n) is 28.3. The Morgan fingerprint density at radius 2 is 0.426 bits per heavy atom. The van der Waals surface area contributed by atoms with E-state index < -0.39 is 0 Å². The van der Waals surface area contributed by atoms with Crippen LogP contribution in [0.25, 0.3) is 198 Å². The number of hydrogen-bond acceptors (Lipinski definition) is 0. The molecule has 22 aromatic rings. The number of benzene rings is 18. The van der Waals surface area contributed by atoms with Gasteiger partial charge in [-0.3, -0.25) is 0 Å². The molecule has 0 aliphatic rings. The topological polar surface area (TPSA) is 19.7 Å². The van der Waals surface area contributed by atoms with Crippen molar-refractivity contribution < 1.29 is 0 Å². The van der Waals surface area contributed by atoms with Crippen LogP contribution in [0.1, 0.15) is 0 Å². The fourth-order valence-electron chi connectivity index (χ4n) is 17.2. The molecule has 22 rings (SSSR count). The molecule has 0 saturated carbocycles. The fourth-order valence-corrected chi connectivity index (χ4v) is 17.2. The van der Waals surface area contributed by atoms with Crippen LogP contribution in [0.5, 0.6) is 0 Å². The highest BCUT2D eigenvalue weighted by molar-refractivity contribution is 6.16. The van der Waals surface area contributed by atoms with E-state index in [0.29, 0.717) is 0 Å². The molecule has 0 radical (unpaired) electrons. The summed E-state index contributed by atoms with van der Waals surface area (Å²) in [5, 5.41) is 15.0. The van der Waals surface area contributed by atoms with Gasteiger partial charge in [0.25, 0.3) is 0 Å². The van der Waals surface area contributed by atoms with Gasteiger partial charge in [0, 0.05) is 65.6 Å². The van der Waals surface area contributed by atoms with Gasteiger partial charge in [0.15, 0.2) is 0 Å². The molecule has 0 amide bonds. The van der Waals surface area contributed by atoms with Crippen molar-refractivity contribution in [2.75, 3.05) is 0 Å². The maximum atomic E-state index is 2.45. The van der Waals surface area contributed by atoms with Gasteiger partial charge in [-0.25, -0.2) is 0 Å². The maximum absolute atomic E-state index is 2.45. The number of fused-ring (bicyclic) bond motifs is 14. The molecule has 0 aliphatic carbocycles. The highest BCUT2D eigenvalue weighted by atomic mass is 15.0. The largest absolute Gasteiger partial charge is 0.309 e. The summed E-state index contributed by atoms with van der Waals surface area (Å²) in [4.78, 5) is 0. The summed E-state index contributed by atoms with van der Waals surface area (Å²) >= 11 is 0. The van der Waals surface area contributed by atoms with Crippen LogP contribution < -0.4 is 0 Å². The number of rotatable bonds is 10. The molecule has 0 bridgehead atoms. The van der Waals surface area contributed by atoms with Crippen LogP contribution in [0, 0.1) is 0 Å². The van der Waals surface area contributed by atoms with E-state index in [-0.39, 0.29) is 0 Å². The average molecular weight is 1370 g/mol. The van der Waals surface area contributed by atoms with E-state index in [4.69, 9.17) is 0 Å². The summed E-state index contributed by atoms with van der Waals surface area (Å²) in [5.41, 5.74) is 28.9. The molecule has 108 heavy (non-hydrogen) atoms. The lowest BCUT2D eigenvalue weighted by Gasteiger charge is -2.15. The number of para-hydroxylation sites is 6. The van der Waals surface area contributed by atoms with Crippen molar-refractivity contribution in [2.45, 2.75) is 0 Å². The minimum Gasteiger partial charge on any atom is -0.309 e. The van der Waals surface area contributed by atoms with E-state index in [1.54, 1.807) is 0 Å². The van der Waals surface area contributed by atoms with Gasteiger partial charge in [-0.15, -0.1) is 0 Å². The van der Waals surface area contributed by atoms with Crippen molar-refractivity contribution in [3.05, 3.63) is 413 Å². The van der Waals surface area contributed by atoms with Gasteiger partial charge in [-0.2, -0.15) is 0 Å². The predicted molar refractivity (Wildman–Crippen MR) is 458 cm³/mol. The summed E-state index contributed by atoms with van der Waals surface area (Å²) < 4.78 is 9.69. The summed E-state index contributed by atoms with van der Waals surface area (Å²) in [7, 11) is 0. The zero-order chi connectivity index (χ0) is 71.2. The van der Waals surface area contributed by atoms with Crippen molar-refractivity contribution in [3.8, 4) is 89.5 Å². The first kappa shape index (κ1) is 62.3. The van der Waals surface area contributed by atoms with Gasteiger partial charge in [0.05, 0.1) is 55.5 Å². The van der Waals surface area contributed by atoms with E-state index in [9.17, 15) is 0 Å². The summed E-state index contributed by atoms with van der Waals surface area (Å²) in [5.74, 6) is 0. The van der Waals surface area contributed by atoms with E-state index >= 15 is 0 Å². The molecule has 4 aromatic heterocycles. The molecule has 0 atom stereocenters. The first-order valence-electron chi connectivity index (χ1n) is 37.2. The molecule has 0 saturated heterocycles. The Hall–Kier alpha value is -14.3. The van der Waals surface area contributed by atoms with Crippen molar-refractivity contribution in [2.24, 2.45) is 0 Å². The van der Waals surface area contributed by atoms with Gasteiger partial charge >= 0.3 is 0 Å². The van der Waals surface area contributed by atoms with Gasteiger partial charge < -0.3 is 18.3 Å². The molecule has 0 spiro atoms. The first-order chi connectivity index (χ1) is 53.6. The van der Waals surface area contributed by atoms with Crippen LogP contribution in [-0.2, 0) is 0 Å². The minimum absolute atomic E-state index is 1.16. The lowest BCUT2D eigenvalue weighted by Crippen LogP contribution is -1.97. The second-order valence-corrected chi connectivity index (χ2v) is 28.3. The molecule has 0 fully saturated rings. The molecule has 4 heteroatoms. The quantitative estimate of drug-likeness (QED) is 0.130. The van der Waals surface area contributed by atoms with Crippen LogP contribution in [0.15, 0.2) is 413 Å². The SMILES string of the molecule is c1ccc(-c2ccc(-n3c4ccccc4c4cc(-c5ccc6c(c5)c5ccccc5n6-c5ccccc5-c5ccc6ccccc6c5)ccc43)cc2)cc1.c1ccc(-c2ccc(-n3c4ccccc4c4cc(-c5ccc6c(c5)c5ccccc5n6-c5ccccc5-c5cccc6ccccc56)ccc43)cc2)cc1. The van der Waals surface area contributed by atoms with Gasteiger partial charge in [0.1, 0.15) is 0 Å². The molecular weight excluding hydrogens is 1310 g/mol. The monoisotopic (exact) mass is 1370 g/mol. The Kier molecular flexibility index (Phi) is 14.9. The highest BCUT2D eigenvalue weighted by Gasteiger charge is 2.22. The Labute approximate surface area is 625 Å². The third-order valence-corrected chi connectivity index (χ3v) is 22.3. The van der Waals surface area contributed by atoms with Crippen molar-refractivity contribution in [1.29, 1.82) is 0 Å². The average Bonchev–Trinajstić information content (AvgIpc) is 1.61. The number of nitrogens with zero attached hydrogens (tertiary/aromatic N) is 4. The minimum atomic E-state index is 1.16. The van der Waals surface area contributed by atoms with Crippen LogP contribution in [0.4, 0.5) is 0 Å². The smallest absolute Gasteiger partial charge is 0.0541 e. The third kappa shape index (κ3) is 10.4. The first-order valence-corrected chi connectivity index (χ1v) is 37.2. The molecular formula is C104H68N4. The number of hydrogen-bond donors (Lipinski definition) is 0. The molecule has 4 heterocycles. The van der Waals surface area contributed by atoms with E-state index in [0.717, 1.165) is 11.4 Å². The maximum Gasteiger partial charge on any atom is 0.0541 e. The van der Waals surface area contributed by atoms with Crippen LogP contribution >= 0.6 is 0 Å². The van der Waals surface area contributed by atoms with E-state index in [2.05, 4.69) is 431 Å². The molecule has 0 unspecified atom stereocenters. The Bertz CT molecular complexity index is 7260. The number of aromatic nitrogens is 4. The van der Waals surface area contributed by atoms with E-state index in [1.165, 1.54) is 187 Å². The van der Waals surface area contributed by atoms with Gasteiger partial charge in [-0.1, -0.05) is 297 Å².